The van der Waals surface area contributed by atoms with Crippen LogP contribution in [0.25, 0.3) is 0 Å². The van der Waals surface area contributed by atoms with Crippen LogP contribution >= 0.6 is 11.3 Å². The summed E-state index contributed by atoms with van der Waals surface area (Å²) in [5, 5.41) is 2.14. The molecule has 0 saturated heterocycles. The highest BCUT2D eigenvalue weighted by Crippen LogP contribution is 2.21. The summed E-state index contributed by atoms with van der Waals surface area (Å²) in [6, 6.07) is 2.41. The van der Waals surface area contributed by atoms with Gasteiger partial charge in [-0.1, -0.05) is 6.92 Å². The van der Waals surface area contributed by atoms with Gasteiger partial charge >= 0.3 is 0 Å². The Kier molecular flexibility index (Phi) is 2.46. The van der Waals surface area contributed by atoms with Crippen molar-refractivity contribution in [2.45, 2.75) is 26.3 Å². The highest BCUT2D eigenvalue weighted by molar-refractivity contribution is 7.10. The van der Waals surface area contributed by atoms with E-state index < -0.39 is 0 Å². The molecule has 1 unspecified atom stereocenters. The zero-order chi connectivity index (χ0) is 7.56. The summed E-state index contributed by atoms with van der Waals surface area (Å²) in [7, 11) is 0. The molecule has 0 spiro atoms. The first kappa shape index (κ1) is 7.76. The molecule has 0 amide bonds. The van der Waals surface area contributed by atoms with Gasteiger partial charge in [0.15, 0.2) is 0 Å². The van der Waals surface area contributed by atoms with Gasteiger partial charge < -0.3 is 5.73 Å². The second-order valence-corrected chi connectivity index (χ2v) is 3.48. The molecule has 1 rings (SSSR count). The number of nitrogens with two attached hydrogens (primary N) is 1. The molecule has 0 bridgehead atoms. The van der Waals surface area contributed by atoms with E-state index in [1.807, 2.05) is 0 Å². The van der Waals surface area contributed by atoms with E-state index in [0.29, 0.717) is 0 Å². The van der Waals surface area contributed by atoms with Crippen molar-refractivity contribution < 1.29 is 0 Å². The van der Waals surface area contributed by atoms with Crippen molar-refractivity contribution in [2.24, 2.45) is 5.73 Å². The molecular weight excluding hydrogens is 142 g/mol. The lowest BCUT2D eigenvalue weighted by molar-refractivity contribution is 0.712. The Balaban J connectivity index is 2.74. The molecule has 0 fully saturated rings. The fourth-order valence-electron chi connectivity index (χ4n) is 0.849. The Hall–Kier alpha value is -0.340. The molecule has 0 aliphatic rings. The van der Waals surface area contributed by atoms with Crippen molar-refractivity contribution in [3.8, 4) is 0 Å². The van der Waals surface area contributed by atoms with Gasteiger partial charge in [0.1, 0.15) is 0 Å². The smallest absolute Gasteiger partial charge is 0.0387 e. The number of hydrogen-bond donors (Lipinski definition) is 1. The molecule has 2 heteroatoms. The fourth-order valence-corrected chi connectivity index (χ4v) is 1.83. The number of hydrogen-bond acceptors (Lipinski definition) is 2. The van der Waals surface area contributed by atoms with Crippen LogP contribution in [0.5, 0.6) is 0 Å². The van der Waals surface area contributed by atoms with E-state index in [-0.39, 0.29) is 6.04 Å². The molecule has 0 aliphatic carbocycles. The Morgan fingerprint density at radius 3 is 2.80 bits per heavy atom. The minimum absolute atomic E-state index is 0.249. The topological polar surface area (TPSA) is 26.0 Å². The predicted octanol–water partition coefficient (Wildman–Crippen LogP) is 2.47. The van der Waals surface area contributed by atoms with Crippen molar-refractivity contribution in [1.82, 2.24) is 0 Å². The maximum absolute atomic E-state index is 5.82. The van der Waals surface area contributed by atoms with E-state index in [1.165, 1.54) is 10.4 Å². The molecular formula is C8H13NS. The van der Waals surface area contributed by atoms with Crippen LogP contribution < -0.4 is 5.73 Å². The van der Waals surface area contributed by atoms with Gasteiger partial charge in [0.2, 0.25) is 0 Å². The van der Waals surface area contributed by atoms with Gasteiger partial charge in [-0.2, -0.15) is 0 Å². The van der Waals surface area contributed by atoms with Crippen LogP contribution in [0.15, 0.2) is 11.4 Å². The summed E-state index contributed by atoms with van der Waals surface area (Å²) < 4.78 is 0. The molecule has 1 heterocycles. The molecule has 0 radical (unpaired) electrons. The molecule has 1 atom stereocenters. The average molecular weight is 155 g/mol. The monoisotopic (exact) mass is 155 g/mol. The van der Waals surface area contributed by atoms with E-state index in [2.05, 4.69) is 25.3 Å². The van der Waals surface area contributed by atoms with Crippen LogP contribution in [-0.4, -0.2) is 0 Å². The highest BCUT2D eigenvalue weighted by atomic mass is 32.1. The molecule has 56 valence electrons. The van der Waals surface area contributed by atoms with Crippen molar-refractivity contribution in [3.63, 3.8) is 0 Å². The van der Waals surface area contributed by atoms with Gasteiger partial charge in [-0.05, 0) is 30.4 Å². The third-order valence-corrected chi connectivity index (χ3v) is 2.74. The summed E-state index contributed by atoms with van der Waals surface area (Å²) in [5.41, 5.74) is 7.14. The van der Waals surface area contributed by atoms with Crippen molar-refractivity contribution in [1.29, 1.82) is 0 Å². The zero-order valence-corrected chi connectivity index (χ0v) is 7.24. The first-order valence-electron chi connectivity index (χ1n) is 3.54. The lowest BCUT2D eigenvalue weighted by atomic mass is 10.2. The van der Waals surface area contributed by atoms with Crippen LogP contribution in [0.4, 0.5) is 0 Å². The van der Waals surface area contributed by atoms with Crippen molar-refractivity contribution in [2.75, 3.05) is 0 Å². The SMILES string of the molecule is CCC(N)c1cc(C)cs1. The van der Waals surface area contributed by atoms with Crippen LogP contribution in [0.1, 0.15) is 29.8 Å². The minimum atomic E-state index is 0.249. The second-order valence-electron chi connectivity index (χ2n) is 2.54. The first-order valence-corrected chi connectivity index (χ1v) is 4.42. The van der Waals surface area contributed by atoms with Crippen molar-refractivity contribution >= 4 is 11.3 Å². The molecule has 0 aromatic carbocycles. The van der Waals surface area contributed by atoms with E-state index in [9.17, 15) is 0 Å². The summed E-state index contributed by atoms with van der Waals surface area (Å²) >= 11 is 1.76. The second kappa shape index (κ2) is 3.17. The van der Waals surface area contributed by atoms with E-state index in [4.69, 9.17) is 5.73 Å². The lowest BCUT2D eigenvalue weighted by Gasteiger charge is -2.03. The molecule has 1 aromatic rings. The van der Waals surface area contributed by atoms with Crippen LogP contribution in [0.2, 0.25) is 0 Å². The Bertz CT molecular complexity index is 205. The Labute approximate surface area is 65.9 Å². The van der Waals surface area contributed by atoms with E-state index in [0.717, 1.165) is 6.42 Å². The van der Waals surface area contributed by atoms with Crippen LogP contribution in [0, 0.1) is 6.92 Å². The first-order chi connectivity index (χ1) is 4.74. The standard InChI is InChI=1S/C8H13NS/c1-3-7(9)8-4-6(2)5-10-8/h4-5,7H,3,9H2,1-2H3. The molecule has 0 saturated carbocycles. The fraction of sp³-hybridized carbons (Fsp3) is 0.500. The normalized spacial score (nSPS) is 13.5. The molecule has 1 nitrogen and oxygen atoms in total. The van der Waals surface area contributed by atoms with Crippen LogP contribution in [0.3, 0.4) is 0 Å². The van der Waals surface area contributed by atoms with Gasteiger partial charge in [-0.3, -0.25) is 0 Å². The van der Waals surface area contributed by atoms with Gasteiger partial charge in [-0.15, -0.1) is 11.3 Å². The Morgan fingerprint density at radius 1 is 1.70 bits per heavy atom. The number of thiophene rings is 1. The van der Waals surface area contributed by atoms with Crippen molar-refractivity contribution in [3.05, 3.63) is 21.9 Å². The van der Waals surface area contributed by atoms with Gasteiger partial charge in [0.05, 0.1) is 0 Å². The minimum Gasteiger partial charge on any atom is -0.323 e. The number of rotatable bonds is 2. The van der Waals surface area contributed by atoms with Gasteiger partial charge in [0.25, 0.3) is 0 Å². The Morgan fingerprint density at radius 2 is 2.40 bits per heavy atom. The maximum Gasteiger partial charge on any atom is 0.0387 e. The lowest BCUT2D eigenvalue weighted by Crippen LogP contribution is -2.05. The summed E-state index contributed by atoms with van der Waals surface area (Å²) in [4.78, 5) is 1.31. The van der Waals surface area contributed by atoms with E-state index in [1.54, 1.807) is 11.3 Å². The van der Waals surface area contributed by atoms with Gasteiger partial charge in [-0.25, -0.2) is 0 Å². The quantitative estimate of drug-likeness (QED) is 0.697. The maximum atomic E-state index is 5.82. The van der Waals surface area contributed by atoms with E-state index >= 15 is 0 Å². The third-order valence-electron chi connectivity index (χ3n) is 1.56. The zero-order valence-electron chi connectivity index (χ0n) is 6.42. The summed E-state index contributed by atoms with van der Waals surface area (Å²) in [6.45, 7) is 4.21. The average Bonchev–Trinajstić information content (AvgIpc) is 2.34. The third kappa shape index (κ3) is 1.58. The predicted molar refractivity (Wildman–Crippen MR) is 46.3 cm³/mol. The highest BCUT2D eigenvalue weighted by Gasteiger charge is 2.03. The number of aryl methyl sites for hydroxylation is 1. The molecule has 0 aliphatic heterocycles. The molecule has 1 aromatic heterocycles. The summed E-state index contributed by atoms with van der Waals surface area (Å²) in [6.07, 6.45) is 1.03. The van der Waals surface area contributed by atoms with Gasteiger partial charge in [0, 0.05) is 10.9 Å². The molecule has 2 N–H and O–H groups in total. The van der Waals surface area contributed by atoms with Crippen LogP contribution in [-0.2, 0) is 0 Å². The summed E-state index contributed by atoms with van der Waals surface area (Å²) in [5.74, 6) is 0. The molecule has 10 heavy (non-hydrogen) atoms. The largest absolute Gasteiger partial charge is 0.323 e.